The van der Waals surface area contributed by atoms with Crippen LogP contribution in [0.1, 0.15) is 35.1 Å². The van der Waals surface area contributed by atoms with Crippen molar-refractivity contribution in [3.05, 3.63) is 34.5 Å². The number of aromatic nitrogens is 2. The zero-order chi connectivity index (χ0) is 11.8. The summed E-state index contributed by atoms with van der Waals surface area (Å²) in [7, 11) is 0. The Hall–Kier alpha value is -1.26. The maximum absolute atomic E-state index is 9.93. The summed E-state index contributed by atoms with van der Waals surface area (Å²) in [5, 5.41) is 10.9. The Balaban J connectivity index is 2.05. The average molecular weight is 246 g/mol. The van der Waals surface area contributed by atoms with Crippen LogP contribution in [0.25, 0.3) is 10.7 Å². The highest BCUT2D eigenvalue weighted by Crippen LogP contribution is 2.37. The molecule has 0 aromatic carbocycles. The van der Waals surface area contributed by atoms with Gasteiger partial charge in [-0.05, 0) is 43.9 Å². The van der Waals surface area contributed by atoms with Crippen LogP contribution in [-0.4, -0.2) is 15.1 Å². The molecular weight excluding hydrogens is 232 g/mol. The molecule has 3 nitrogen and oxygen atoms in total. The Kier molecular flexibility index (Phi) is 2.68. The average Bonchev–Trinajstić information content (AvgIpc) is 2.74. The van der Waals surface area contributed by atoms with Crippen molar-refractivity contribution in [2.75, 3.05) is 0 Å². The van der Waals surface area contributed by atoms with Crippen LogP contribution in [0.15, 0.2) is 18.3 Å². The number of fused-ring (bicyclic) bond motifs is 1. The summed E-state index contributed by atoms with van der Waals surface area (Å²) < 4.78 is 0. The molecule has 4 heteroatoms. The maximum Gasteiger partial charge on any atom is 0.142 e. The van der Waals surface area contributed by atoms with E-state index in [9.17, 15) is 5.11 Å². The van der Waals surface area contributed by atoms with Gasteiger partial charge in [0.05, 0.1) is 22.4 Å². The highest BCUT2D eigenvalue weighted by atomic mass is 32.1. The first kappa shape index (κ1) is 10.9. The Bertz CT molecular complexity index is 550. The normalized spacial score (nSPS) is 19.1. The number of aliphatic hydroxyl groups is 1. The largest absolute Gasteiger partial charge is 0.388 e. The van der Waals surface area contributed by atoms with Crippen LogP contribution in [0.4, 0.5) is 0 Å². The Morgan fingerprint density at radius 2 is 2.35 bits per heavy atom. The SMILES string of the molecule is Cc1ccnc(-c2nc3c(s2)C(O)CCC3)c1. The predicted octanol–water partition coefficient (Wildman–Crippen LogP) is 2.88. The fraction of sp³-hybridized carbons (Fsp3) is 0.385. The van der Waals surface area contributed by atoms with Gasteiger partial charge in [0, 0.05) is 6.20 Å². The van der Waals surface area contributed by atoms with Gasteiger partial charge in [-0.2, -0.15) is 0 Å². The molecule has 0 radical (unpaired) electrons. The third kappa shape index (κ3) is 1.98. The second-order valence-corrected chi connectivity index (χ2v) is 5.49. The van der Waals surface area contributed by atoms with Gasteiger partial charge in [-0.1, -0.05) is 0 Å². The Morgan fingerprint density at radius 1 is 1.47 bits per heavy atom. The molecule has 1 aliphatic rings. The third-order valence-electron chi connectivity index (χ3n) is 3.06. The first-order chi connectivity index (χ1) is 8.24. The van der Waals surface area contributed by atoms with Crippen molar-refractivity contribution >= 4 is 11.3 Å². The molecule has 1 N–H and O–H groups in total. The van der Waals surface area contributed by atoms with Gasteiger partial charge in [0.15, 0.2) is 0 Å². The van der Waals surface area contributed by atoms with Crippen LogP contribution in [-0.2, 0) is 6.42 Å². The number of rotatable bonds is 1. The van der Waals surface area contributed by atoms with E-state index < -0.39 is 0 Å². The highest BCUT2D eigenvalue weighted by molar-refractivity contribution is 7.15. The van der Waals surface area contributed by atoms with Crippen molar-refractivity contribution < 1.29 is 5.11 Å². The fourth-order valence-electron chi connectivity index (χ4n) is 2.16. The monoisotopic (exact) mass is 246 g/mol. The number of thiazole rings is 1. The quantitative estimate of drug-likeness (QED) is 0.841. The van der Waals surface area contributed by atoms with Gasteiger partial charge in [0.25, 0.3) is 0 Å². The summed E-state index contributed by atoms with van der Waals surface area (Å²) in [4.78, 5) is 9.99. The summed E-state index contributed by atoms with van der Waals surface area (Å²) in [6.45, 7) is 2.05. The number of hydrogen-bond acceptors (Lipinski definition) is 4. The molecule has 17 heavy (non-hydrogen) atoms. The van der Waals surface area contributed by atoms with E-state index >= 15 is 0 Å². The first-order valence-corrected chi connectivity index (χ1v) is 6.66. The molecule has 0 fully saturated rings. The molecule has 0 spiro atoms. The van der Waals surface area contributed by atoms with Crippen molar-refractivity contribution in [1.29, 1.82) is 0 Å². The molecule has 2 aromatic heterocycles. The number of aryl methyl sites for hydroxylation is 2. The number of pyridine rings is 1. The lowest BCUT2D eigenvalue weighted by atomic mass is 10.0. The summed E-state index contributed by atoms with van der Waals surface area (Å²) in [5.41, 5.74) is 3.16. The van der Waals surface area contributed by atoms with Crippen molar-refractivity contribution in [1.82, 2.24) is 9.97 Å². The van der Waals surface area contributed by atoms with E-state index in [2.05, 4.69) is 9.97 Å². The minimum Gasteiger partial charge on any atom is -0.388 e. The van der Waals surface area contributed by atoms with E-state index in [0.717, 1.165) is 40.5 Å². The van der Waals surface area contributed by atoms with E-state index in [4.69, 9.17) is 0 Å². The zero-order valence-electron chi connectivity index (χ0n) is 9.68. The van der Waals surface area contributed by atoms with E-state index in [1.165, 1.54) is 5.56 Å². The van der Waals surface area contributed by atoms with Gasteiger partial charge in [-0.3, -0.25) is 4.98 Å². The summed E-state index contributed by atoms with van der Waals surface area (Å²) >= 11 is 1.58. The summed E-state index contributed by atoms with van der Waals surface area (Å²) in [6, 6.07) is 4.02. The van der Waals surface area contributed by atoms with Gasteiger partial charge in [0.1, 0.15) is 5.01 Å². The highest BCUT2D eigenvalue weighted by Gasteiger charge is 2.23. The molecule has 1 aliphatic carbocycles. The summed E-state index contributed by atoms with van der Waals surface area (Å²) in [5.74, 6) is 0. The smallest absolute Gasteiger partial charge is 0.142 e. The van der Waals surface area contributed by atoms with Crippen LogP contribution >= 0.6 is 11.3 Å². The third-order valence-corrected chi connectivity index (χ3v) is 4.28. The summed E-state index contributed by atoms with van der Waals surface area (Å²) in [6.07, 6.45) is 4.35. The lowest BCUT2D eigenvalue weighted by Gasteiger charge is -2.14. The van der Waals surface area contributed by atoms with E-state index in [-0.39, 0.29) is 6.10 Å². The minimum absolute atomic E-state index is 0.324. The van der Waals surface area contributed by atoms with Crippen LogP contribution in [0, 0.1) is 6.92 Å². The Labute approximate surface area is 104 Å². The van der Waals surface area contributed by atoms with E-state index in [0.29, 0.717) is 0 Å². The lowest BCUT2D eigenvalue weighted by Crippen LogP contribution is -2.06. The number of nitrogens with zero attached hydrogens (tertiary/aromatic N) is 2. The van der Waals surface area contributed by atoms with Crippen LogP contribution in [0.3, 0.4) is 0 Å². The van der Waals surface area contributed by atoms with Crippen molar-refractivity contribution in [2.24, 2.45) is 0 Å². The standard InChI is InChI=1S/C13H14N2OS/c1-8-5-6-14-10(7-8)13-15-9-3-2-4-11(16)12(9)17-13/h5-7,11,16H,2-4H2,1H3. The van der Waals surface area contributed by atoms with Gasteiger partial charge in [-0.25, -0.2) is 4.98 Å². The lowest BCUT2D eigenvalue weighted by molar-refractivity contribution is 0.160. The molecule has 0 aliphatic heterocycles. The van der Waals surface area contributed by atoms with Crippen LogP contribution < -0.4 is 0 Å². The van der Waals surface area contributed by atoms with E-state index in [1.54, 1.807) is 11.3 Å². The second kappa shape index (κ2) is 4.20. The van der Waals surface area contributed by atoms with Crippen LogP contribution in [0.5, 0.6) is 0 Å². The Morgan fingerprint density at radius 3 is 3.12 bits per heavy atom. The van der Waals surface area contributed by atoms with Crippen molar-refractivity contribution in [3.63, 3.8) is 0 Å². The molecule has 2 aromatic rings. The number of hydrogen-bond donors (Lipinski definition) is 1. The van der Waals surface area contributed by atoms with Gasteiger partial charge < -0.3 is 5.11 Å². The van der Waals surface area contributed by atoms with Gasteiger partial charge in [-0.15, -0.1) is 11.3 Å². The number of aliphatic hydroxyl groups excluding tert-OH is 1. The molecule has 0 bridgehead atoms. The molecule has 1 unspecified atom stereocenters. The molecule has 0 saturated heterocycles. The van der Waals surface area contributed by atoms with E-state index in [1.807, 2.05) is 25.3 Å². The molecule has 0 saturated carbocycles. The van der Waals surface area contributed by atoms with Gasteiger partial charge >= 0.3 is 0 Å². The molecule has 0 amide bonds. The maximum atomic E-state index is 9.93. The second-order valence-electron chi connectivity index (χ2n) is 4.46. The molecule has 88 valence electrons. The first-order valence-electron chi connectivity index (χ1n) is 5.85. The minimum atomic E-state index is -0.324. The molecule has 1 atom stereocenters. The van der Waals surface area contributed by atoms with Crippen molar-refractivity contribution in [3.8, 4) is 10.7 Å². The van der Waals surface area contributed by atoms with Crippen molar-refractivity contribution in [2.45, 2.75) is 32.3 Å². The molecule has 3 rings (SSSR count). The van der Waals surface area contributed by atoms with Gasteiger partial charge in [0.2, 0.25) is 0 Å². The van der Waals surface area contributed by atoms with Crippen LogP contribution in [0.2, 0.25) is 0 Å². The molecule has 2 heterocycles. The topological polar surface area (TPSA) is 46.0 Å². The predicted molar refractivity (Wildman–Crippen MR) is 68.0 cm³/mol. The zero-order valence-corrected chi connectivity index (χ0v) is 10.5. The fourth-order valence-corrected chi connectivity index (χ4v) is 3.26. The molecular formula is C13H14N2OS.